The Hall–Kier alpha value is -1.51. The second-order valence-electron chi connectivity index (χ2n) is 6.50. The number of rotatable bonds is 3. The zero-order valence-electron chi connectivity index (χ0n) is 13.1. The van der Waals surface area contributed by atoms with Crippen LogP contribution < -0.4 is 5.32 Å². The molecule has 0 unspecified atom stereocenters. The van der Waals surface area contributed by atoms with Gasteiger partial charge in [-0.15, -0.1) is 0 Å². The molecule has 3 heteroatoms. The molecule has 0 radical (unpaired) electrons. The van der Waals surface area contributed by atoms with E-state index in [0.717, 1.165) is 17.7 Å². The van der Waals surface area contributed by atoms with Gasteiger partial charge in [-0.3, -0.25) is 4.79 Å². The fourth-order valence-corrected chi connectivity index (χ4v) is 3.76. The first-order valence-corrected chi connectivity index (χ1v) is 8.40. The van der Waals surface area contributed by atoms with Crippen molar-refractivity contribution in [2.75, 3.05) is 5.32 Å². The number of hydrogen-bond donors (Lipinski definition) is 1. The summed E-state index contributed by atoms with van der Waals surface area (Å²) in [5.41, 5.74) is 1.84. The number of carbonyl (C=O) groups is 1. The van der Waals surface area contributed by atoms with E-state index >= 15 is 0 Å². The Morgan fingerprint density at radius 3 is 2.67 bits per heavy atom. The van der Waals surface area contributed by atoms with Crippen LogP contribution in [0.4, 0.5) is 5.69 Å². The molecule has 1 amide bonds. The van der Waals surface area contributed by atoms with Crippen LogP contribution in [0.1, 0.15) is 62.7 Å². The van der Waals surface area contributed by atoms with Crippen LogP contribution in [-0.4, -0.2) is 23.0 Å². The van der Waals surface area contributed by atoms with E-state index in [1.807, 2.05) is 24.3 Å². The van der Waals surface area contributed by atoms with Gasteiger partial charge in [-0.2, -0.15) is 0 Å². The van der Waals surface area contributed by atoms with Crippen molar-refractivity contribution < 1.29 is 4.79 Å². The molecule has 1 aliphatic carbocycles. The molecule has 2 atom stereocenters. The molecule has 1 N–H and O–H groups in total. The summed E-state index contributed by atoms with van der Waals surface area (Å²) < 4.78 is 0. The maximum absolute atomic E-state index is 13.0. The highest BCUT2D eigenvalue weighted by atomic mass is 16.2. The lowest BCUT2D eigenvalue weighted by Crippen LogP contribution is -2.56. The van der Waals surface area contributed by atoms with Gasteiger partial charge in [0.05, 0.1) is 5.56 Å². The molecule has 0 aromatic heterocycles. The molecule has 0 spiro atoms. The van der Waals surface area contributed by atoms with Gasteiger partial charge in [-0.05, 0) is 44.2 Å². The van der Waals surface area contributed by atoms with Crippen LogP contribution in [0.25, 0.3) is 0 Å². The number of nitrogens with one attached hydrogen (secondary N) is 1. The molecule has 1 fully saturated rings. The molecule has 114 valence electrons. The lowest BCUT2D eigenvalue weighted by molar-refractivity contribution is 0.0477. The van der Waals surface area contributed by atoms with Gasteiger partial charge in [-0.25, -0.2) is 0 Å². The normalized spacial score (nSPS) is 24.4. The molecule has 1 aromatic rings. The van der Waals surface area contributed by atoms with Crippen LogP contribution in [0.3, 0.4) is 0 Å². The zero-order chi connectivity index (χ0) is 14.8. The number of carbonyl (C=O) groups excluding carboxylic acids is 1. The fourth-order valence-electron chi connectivity index (χ4n) is 3.76. The van der Waals surface area contributed by atoms with Crippen molar-refractivity contribution in [2.45, 2.75) is 64.6 Å². The predicted molar refractivity (Wildman–Crippen MR) is 86.4 cm³/mol. The fraction of sp³-hybridized carbons (Fsp3) is 0.611. The first kappa shape index (κ1) is 14.4. The summed E-state index contributed by atoms with van der Waals surface area (Å²) in [5, 5.41) is 3.67. The molecule has 2 aliphatic rings. The van der Waals surface area contributed by atoms with Crippen molar-refractivity contribution in [3.63, 3.8) is 0 Å². The maximum Gasteiger partial charge on any atom is 0.257 e. The predicted octanol–water partition coefficient (Wildman–Crippen LogP) is 4.26. The number of hydrogen-bond acceptors (Lipinski definition) is 2. The van der Waals surface area contributed by atoms with Crippen LogP contribution >= 0.6 is 0 Å². The lowest BCUT2D eigenvalue weighted by Gasteiger charge is -2.45. The molecule has 1 aliphatic heterocycles. The summed E-state index contributed by atoms with van der Waals surface area (Å²) in [7, 11) is 0. The first-order chi connectivity index (χ1) is 10.2. The zero-order valence-corrected chi connectivity index (χ0v) is 13.1. The summed E-state index contributed by atoms with van der Waals surface area (Å²) in [5.74, 6) is 0.791. The summed E-state index contributed by atoms with van der Waals surface area (Å²) in [6.07, 6.45) is 7.58. The second-order valence-corrected chi connectivity index (χ2v) is 6.50. The molecule has 3 nitrogen and oxygen atoms in total. The molecule has 0 saturated heterocycles. The minimum absolute atomic E-state index is 0.169. The Labute approximate surface area is 127 Å². The van der Waals surface area contributed by atoms with Crippen LogP contribution in [0.15, 0.2) is 24.3 Å². The maximum atomic E-state index is 13.0. The third kappa shape index (κ3) is 2.66. The van der Waals surface area contributed by atoms with Gasteiger partial charge in [0.15, 0.2) is 0 Å². The van der Waals surface area contributed by atoms with E-state index in [2.05, 4.69) is 24.1 Å². The lowest BCUT2D eigenvalue weighted by atomic mass is 9.84. The average molecular weight is 286 g/mol. The van der Waals surface area contributed by atoms with E-state index in [0.29, 0.717) is 5.92 Å². The van der Waals surface area contributed by atoms with E-state index in [-0.39, 0.29) is 18.1 Å². The van der Waals surface area contributed by atoms with E-state index < -0.39 is 0 Å². The van der Waals surface area contributed by atoms with Gasteiger partial charge in [-0.1, -0.05) is 38.3 Å². The highest BCUT2D eigenvalue weighted by Gasteiger charge is 2.38. The highest BCUT2D eigenvalue weighted by molar-refractivity contribution is 6.01. The second kappa shape index (κ2) is 6.08. The number of para-hydroxylation sites is 1. The van der Waals surface area contributed by atoms with Crippen molar-refractivity contribution in [3.05, 3.63) is 29.8 Å². The number of anilines is 1. The van der Waals surface area contributed by atoms with Crippen molar-refractivity contribution >= 4 is 11.6 Å². The summed E-state index contributed by atoms with van der Waals surface area (Å²) in [6.45, 7) is 4.33. The molecule has 1 saturated carbocycles. The van der Waals surface area contributed by atoms with Gasteiger partial charge in [0.25, 0.3) is 5.91 Å². The summed E-state index contributed by atoms with van der Waals surface area (Å²) in [4.78, 5) is 15.1. The van der Waals surface area contributed by atoms with Crippen molar-refractivity contribution in [1.29, 1.82) is 0 Å². The summed E-state index contributed by atoms with van der Waals surface area (Å²) in [6, 6.07) is 8.23. The van der Waals surface area contributed by atoms with Gasteiger partial charge in [0, 0.05) is 11.7 Å². The minimum Gasteiger partial charge on any atom is -0.364 e. The average Bonchev–Trinajstić information content (AvgIpc) is 2.55. The minimum atomic E-state index is 0.169. The highest BCUT2D eigenvalue weighted by Crippen LogP contribution is 2.35. The van der Waals surface area contributed by atoms with Crippen LogP contribution in [0.2, 0.25) is 0 Å². The largest absolute Gasteiger partial charge is 0.364 e. The van der Waals surface area contributed by atoms with Gasteiger partial charge in [0.2, 0.25) is 0 Å². The molecular formula is C18H26N2O. The van der Waals surface area contributed by atoms with E-state index in [4.69, 9.17) is 0 Å². The first-order valence-electron chi connectivity index (χ1n) is 8.40. The molecule has 1 heterocycles. The standard InChI is InChI=1S/C18H26N2O/c1-3-13(2)20-17(14-9-5-4-6-10-14)19-16-12-8-7-11-15(16)18(20)21/h7-8,11-14,17,19H,3-6,9-10H2,1-2H3/t13-,17+/m1/s1. The quantitative estimate of drug-likeness (QED) is 0.900. The van der Waals surface area contributed by atoms with Crippen molar-refractivity contribution in [1.82, 2.24) is 4.90 Å². The third-order valence-electron chi connectivity index (χ3n) is 5.16. The SMILES string of the molecule is CC[C@@H](C)N1C(=O)c2ccccc2N[C@@H]1C1CCCCC1. The number of fused-ring (bicyclic) bond motifs is 1. The Morgan fingerprint density at radius 2 is 1.95 bits per heavy atom. The topological polar surface area (TPSA) is 32.3 Å². The summed E-state index contributed by atoms with van der Waals surface area (Å²) >= 11 is 0. The Kier molecular flexibility index (Phi) is 4.18. The smallest absolute Gasteiger partial charge is 0.257 e. The van der Waals surface area contributed by atoms with E-state index in [1.165, 1.54) is 32.1 Å². The Balaban J connectivity index is 1.94. The molecule has 1 aromatic carbocycles. The molecular weight excluding hydrogens is 260 g/mol. The number of amides is 1. The van der Waals surface area contributed by atoms with Crippen molar-refractivity contribution in [3.8, 4) is 0 Å². The number of benzene rings is 1. The van der Waals surface area contributed by atoms with Gasteiger partial charge < -0.3 is 10.2 Å². The van der Waals surface area contributed by atoms with Crippen LogP contribution in [-0.2, 0) is 0 Å². The molecule has 21 heavy (non-hydrogen) atoms. The van der Waals surface area contributed by atoms with Crippen LogP contribution in [0, 0.1) is 5.92 Å². The van der Waals surface area contributed by atoms with E-state index in [9.17, 15) is 4.79 Å². The van der Waals surface area contributed by atoms with E-state index in [1.54, 1.807) is 0 Å². The van der Waals surface area contributed by atoms with Gasteiger partial charge in [0.1, 0.15) is 6.17 Å². The molecule has 0 bridgehead atoms. The Morgan fingerprint density at radius 1 is 1.24 bits per heavy atom. The molecule has 3 rings (SSSR count). The van der Waals surface area contributed by atoms with Crippen molar-refractivity contribution in [2.24, 2.45) is 5.92 Å². The monoisotopic (exact) mass is 286 g/mol. The third-order valence-corrected chi connectivity index (χ3v) is 5.16. The van der Waals surface area contributed by atoms with Gasteiger partial charge >= 0.3 is 0 Å². The van der Waals surface area contributed by atoms with Crippen LogP contribution in [0.5, 0.6) is 0 Å². The Bertz CT molecular complexity index is 508. The number of nitrogens with zero attached hydrogens (tertiary/aromatic N) is 1.